The number of hydrogen-bond acceptors (Lipinski definition) is 6. The fourth-order valence-corrected chi connectivity index (χ4v) is 2.60. The molecule has 2 heterocycles. The quantitative estimate of drug-likeness (QED) is 0.327. The minimum Gasteiger partial charge on any atom is -0.268 e. The summed E-state index contributed by atoms with van der Waals surface area (Å²) in [5, 5.41) is 19.6. The second-order valence-corrected chi connectivity index (χ2v) is 5.87. The van der Waals surface area contributed by atoms with Crippen LogP contribution in [-0.4, -0.2) is 31.8 Å². The molecule has 3 rings (SSSR count). The molecule has 0 aliphatic carbocycles. The van der Waals surface area contributed by atoms with Crippen molar-refractivity contribution >= 4 is 40.3 Å². The number of carbonyl (C=O) groups is 1. The smallest absolute Gasteiger partial charge is 0.268 e. The van der Waals surface area contributed by atoms with E-state index in [-0.39, 0.29) is 10.8 Å². The highest BCUT2D eigenvalue weighted by atomic mass is 35.5. The van der Waals surface area contributed by atoms with Gasteiger partial charge in [-0.25, -0.2) is 10.4 Å². The Morgan fingerprint density at radius 2 is 2.23 bits per heavy atom. The summed E-state index contributed by atoms with van der Waals surface area (Å²) in [7, 11) is 1.48. The molecule has 1 amide bonds. The first kappa shape index (κ1) is 17.5. The number of hydrazone groups is 1. The average Bonchev–Trinajstić information content (AvgIpc) is 2.98. The Bertz CT molecular complexity index is 1060. The number of fused-ring (bicyclic) bond motifs is 1. The van der Waals surface area contributed by atoms with Crippen molar-refractivity contribution in [2.24, 2.45) is 12.1 Å². The number of aryl methyl sites for hydroxylation is 2. The van der Waals surface area contributed by atoms with Crippen molar-refractivity contribution in [3.05, 3.63) is 62.6 Å². The van der Waals surface area contributed by atoms with E-state index < -0.39 is 16.5 Å². The molecule has 9 nitrogen and oxygen atoms in total. The fraction of sp³-hybridized carbons (Fsp3) is 0.125. The number of benzene rings is 1. The molecule has 0 saturated heterocycles. The van der Waals surface area contributed by atoms with Crippen LogP contribution in [0.1, 0.15) is 21.6 Å². The summed E-state index contributed by atoms with van der Waals surface area (Å²) in [5.74, 6) is -0.797. The van der Waals surface area contributed by atoms with Crippen LogP contribution in [-0.2, 0) is 7.05 Å². The lowest BCUT2D eigenvalue weighted by Gasteiger charge is -2.04. The molecular formula is C16H13ClN6O3. The predicted octanol–water partition coefficient (Wildman–Crippen LogP) is 2.60. The van der Waals surface area contributed by atoms with Crippen molar-refractivity contribution < 1.29 is 9.72 Å². The molecule has 132 valence electrons. The van der Waals surface area contributed by atoms with Crippen LogP contribution in [0.3, 0.4) is 0 Å². The molecule has 0 atom stereocenters. The number of pyridine rings is 1. The molecule has 0 aliphatic rings. The summed E-state index contributed by atoms with van der Waals surface area (Å²) in [6.45, 7) is 1.93. The van der Waals surface area contributed by atoms with Gasteiger partial charge >= 0.3 is 5.69 Å². The Hall–Kier alpha value is -3.33. The molecule has 26 heavy (non-hydrogen) atoms. The molecule has 0 saturated carbocycles. The zero-order valence-corrected chi connectivity index (χ0v) is 14.6. The number of amides is 1. The third-order valence-electron chi connectivity index (χ3n) is 3.62. The number of para-hydroxylation sites is 1. The number of halogens is 1. The predicted molar refractivity (Wildman–Crippen MR) is 96.4 cm³/mol. The van der Waals surface area contributed by atoms with Gasteiger partial charge in [0.25, 0.3) is 5.91 Å². The van der Waals surface area contributed by atoms with Crippen molar-refractivity contribution in [1.29, 1.82) is 0 Å². The van der Waals surface area contributed by atoms with Crippen molar-refractivity contribution in [2.75, 3.05) is 0 Å². The lowest BCUT2D eigenvalue weighted by Crippen LogP contribution is -2.19. The Balaban J connectivity index is 1.83. The summed E-state index contributed by atoms with van der Waals surface area (Å²) in [6.07, 6.45) is 2.47. The summed E-state index contributed by atoms with van der Waals surface area (Å²) in [6, 6.07) is 7.50. The van der Waals surface area contributed by atoms with E-state index in [0.29, 0.717) is 5.56 Å². The Morgan fingerprint density at radius 3 is 2.96 bits per heavy atom. The Morgan fingerprint density at radius 1 is 1.46 bits per heavy atom. The molecule has 0 spiro atoms. The van der Waals surface area contributed by atoms with Crippen LogP contribution in [0.5, 0.6) is 0 Å². The molecule has 0 fully saturated rings. The first-order valence-corrected chi connectivity index (χ1v) is 7.82. The van der Waals surface area contributed by atoms with E-state index in [9.17, 15) is 14.9 Å². The van der Waals surface area contributed by atoms with E-state index in [1.54, 1.807) is 6.07 Å². The zero-order valence-electron chi connectivity index (χ0n) is 13.8. The highest BCUT2D eigenvalue weighted by molar-refractivity contribution is 6.32. The van der Waals surface area contributed by atoms with Crippen LogP contribution in [0, 0.1) is 17.0 Å². The first-order valence-electron chi connectivity index (χ1n) is 7.44. The number of nitro groups is 1. The molecule has 0 aliphatic heterocycles. The van der Waals surface area contributed by atoms with Gasteiger partial charge in [0.15, 0.2) is 0 Å². The normalized spacial score (nSPS) is 11.2. The molecule has 3 aromatic rings. The highest BCUT2D eigenvalue weighted by Gasteiger charge is 2.24. The van der Waals surface area contributed by atoms with Gasteiger partial charge < -0.3 is 0 Å². The number of hydrogen-bond donors (Lipinski definition) is 1. The SMILES string of the molecule is Cc1cccc2cc(/C=N\NC(=O)c3nn(C)cc3[N+](=O)[O-])c(Cl)nc12. The molecule has 10 heteroatoms. The minimum absolute atomic E-state index is 0.230. The topological polar surface area (TPSA) is 115 Å². The Kier molecular flexibility index (Phi) is 4.63. The van der Waals surface area contributed by atoms with Crippen molar-refractivity contribution in [2.45, 2.75) is 6.92 Å². The lowest BCUT2D eigenvalue weighted by atomic mass is 10.1. The van der Waals surface area contributed by atoms with Gasteiger partial charge in [-0.15, -0.1) is 0 Å². The number of carbonyl (C=O) groups excluding carboxylic acids is 1. The second-order valence-electron chi connectivity index (χ2n) is 5.51. The third-order valence-corrected chi connectivity index (χ3v) is 3.92. The van der Waals surface area contributed by atoms with Crippen LogP contribution >= 0.6 is 11.6 Å². The first-order chi connectivity index (χ1) is 12.4. The zero-order chi connectivity index (χ0) is 18.8. The fourth-order valence-electron chi connectivity index (χ4n) is 2.42. The molecule has 0 unspecified atom stereocenters. The van der Waals surface area contributed by atoms with Gasteiger partial charge in [-0.1, -0.05) is 29.8 Å². The van der Waals surface area contributed by atoms with Crippen LogP contribution in [0.15, 0.2) is 35.6 Å². The average molecular weight is 373 g/mol. The van der Waals surface area contributed by atoms with Crippen LogP contribution < -0.4 is 5.43 Å². The summed E-state index contributed by atoms with van der Waals surface area (Å²) < 4.78 is 1.18. The third kappa shape index (κ3) is 3.38. The largest absolute Gasteiger partial charge is 0.320 e. The van der Waals surface area contributed by atoms with E-state index in [1.165, 1.54) is 17.9 Å². The van der Waals surface area contributed by atoms with Gasteiger partial charge in [-0.3, -0.25) is 19.6 Å². The molecule has 2 aromatic heterocycles. The van der Waals surface area contributed by atoms with Crippen molar-refractivity contribution in [3.63, 3.8) is 0 Å². The maximum absolute atomic E-state index is 12.1. The van der Waals surface area contributed by atoms with Gasteiger partial charge in [0, 0.05) is 18.0 Å². The summed E-state index contributed by atoms with van der Waals surface area (Å²) in [4.78, 5) is 26.6. The highest BCUT2D eigenvalue weighted by Crippen LogP contribution is 2.22. The van der Waals surface area contributed by atoms with Gasteiger partial charge in [-0.2, -0.15) is 10.2 Å². The number of aromatic nitrogens is 3. The van der Waals surface area contributed by atoms with Gasteiger partial charge in [0.1, 0.15) is 11.3 Å². The Labute approximate surface area is 152 Å². The second kappa shape index (κ2) is 6.89. The van der Waals surface area contributed by atoms with Crippen molar-refractivity contribution in [1.82, 2.24) is 20.2 Å². The van der Waals surface area contributed by atoms with E-state index in [1.807, 2.05) is 25.1 Å². The molecule has 0 bridgehead atoms. The summed E-state index contributed by atoms with van der Waals surface area (Å²) in [5.41, 5.74) is 3.75. The van der Waals surface area contributed by atoms with Crippen LogP contribution in [0.25, 0.3) is 10.9 Å². The maximum Gasteiger partial charge on any atom is 0.320 e. The number of rotatable bonds is 4. The van der Waals surface area contributed by atoms with E-state index in [4.69, 9.17) is 11.6 Å². The van der Waals surface area contributed by atoms with E-state index >= 15 is 0 Å². The molecule has 1 aromatic carbocycles. The molecule has 0 radical (unpaired) electrons. The number of nitrogens with one attached hydrogen (secondary N) is 1. The monoisotopic (exact) mass is 372 g/mol. The van der Waals surface area contributed by atoms with E-state index in [0.717, 1.165) is 22.7 Å². The molecular weight excluding hydrogens is 360 g/mol. The minimum atomic E-state index is -0.797. The van der Waals surface area contributed by atoms with Gasteiger partial charge in [-0.05, 0) is 18.6 Å². The lowest BCUT2D eigenvalue weighted by molar-refractivity contribution is -0.385. The van der Waals surface area contributed by atoms with Gasteiger partial charge in [0.2, 0.25) is 5.69 Å². The van der Waals surface area contributed by atoms with Crippen LogP contribution in [0.4, 0.5) is 5.69 Å². The van der Waals surface area contributed by atoms with Crippen LogP contribution in [0.2, 0.25) is 5.15 Å². The maximum atomic E-state index is 12.1. The van der Waals surface area contributed by atoms with Crippen molar-refractivity contribution in [3.8, 4) is 0 Å². The molecule has 1 N–H and O–H groups in total. The standard InChI is InChI=1S/C16H13ClN6O3/c1-9-4-3-5-10-6-11(15(17)19-13(9)10)7-18-20-16(24)14-12(23(25)26)8-22(2)21-14/h3-8H,1-2H3,(H,20,24)/b18-7-. The van der Waals surface area contributed by atoms with Gasteiger partial charge in [0.05, 0.1) is 16.7 Å². The van der Waals surface area contributed by atoms with E-state index in [2.05, 4.69) is 20.6 Å². The summed E-state index contributed by atoms with van der Waals surface area (Å²) >= 11 is 6.16. The number of nitrogens with zero attached hydrogens (tertiary/aromatic N) is 5.